The Hall–Kier alpha value is -4.27. The van der Waals surface area contributed by atoms with Gasteiger partial charge in [0.25, 0.3) is 0 Å². The van der Waals surface area contributed by atoms with Crippen LogP contribution in [0.1, 0.15) is 33.9 Å². The van der Waals surface area contributed by atoms with E-state index < -0.39 is 0 Å². The Bertz CT molecular complexity index is 1230. The van der Waals surface area contributed by atoms with E-state index in [1.54, 1.807) is 30.6 Å². The fourth-order valence-corrected chi connectivity index (χ4v) is 4.61. The van der Waals surface area contributed by atoms with E-state index in [1.165, 1.54) is 7.11 Å². The molecule has 2 aromatic carbocycles. The van der Waals surface area contributed by atoms with Gasteiger partial charge in [0.1, 0.15) is 6.54 Å². The molecule has 0 spiro atoms. The molecular formula is C27H28N6O3. The number of nitrogens with zero attached hydrogens (tertiary/aromatic N) is 6. The zero-order valence-corrected chi connectivity index (χ0v) is 20.2. The van der Waals surface area contributed by atoms with Gasteiger partial charge in [-0.2, -0.15) is 5.10 Å². The Morgan fingerprint density at radius 3 is 2.28 bits per heavy atom. The highest BCUT2D eigenvalue weighted by Gasteiger charge is 2.32. The number of carbonyl (C=O) groups excluding carboxylic acids is 2. The molecule has 36 heavy (non-hydrogen) atoms. The first-order valence-corrected chi connectivity index (χ1v) is 12.0. The molecule has 0 N–H and O–H groups in total. The van der Waals surface area contributed by atoms with Crippen molar-refractivity contribution in [1.29, 1.82) is 0 Å². The van der Waals surface area contributed by atoms with E-state index in [1.807, 2.05) is 40.2 Å². The van der Waals surface area contributed by atoms with Crippen molar-refractivity contribution in [3.8, 4) is 0 Å². The molecule has 0 saturated carbocycles. The van der Waals surface area contributed by atoms with Gasteiger partial charge in [0.15, 0.2) is 0 Å². The van der Waals surface area contributed by atoms with Gasteiger partial charge in [-0.25, -0.2) is 14.8 Å². The number of amides is 1. The standard InChI is InChI=1S/C27H28N6O3/c1-36-26(35)22-10-8-20(9-11-22)23-18-24(21-6-3-2-4-7-21)33(30-23)19-25(34)31-14-16-32(17-15-31)27-28-12-5-13-29-27/h2-13,24H,14-19H2,1H3. The van der Waals surface area contributed by atoms with Gasteiger partial charge in [0.05, 0.1) is 24.4 Å². The topological polar surface area (TPSA) is 91.2 Å². The van der Waals surface area contributed by atoms with Gasteiger partial charge < -0.3 is 14.5 Å². The summed E-state index contributed by atoms with van der Waals surface area (Å²) in [5.74, 6) is 0.375. The molecule has 2 aliphatic rings. The summed E-state index contributed by atoms with van der Waals surface area (Å²) in [6.45, 7) is 2.82. The maximum absolute atomic E-state index is 13.3. The third-order valence-electron chi connectivity index (χ3n) is 6.58. The lowest BCUT2D eigenvalue weighted by Gasteiger charge is -2.35. The van der Waals surface area contributed by atoms with Crippen LogP contribution in [0.4, 0.5) is 5.95 Å². The molecule has 1 amide bonds. The summed E-state index contributed by atoms with van der Waals surface area (Å²) in [5.41, 5.74) is 3.42. The third kappa shape index (κ3) is 5.05. The summed E-state index contributed by atoms with van der Waals surface area (Å²) in [5, 5.41) is 6.76. The lowest BCUT2D eigenvalue weighted by Crippen LogP contribution is -2.51. The smallest absolute Gasteiger partial charge is 0.337 e. The molecule has 1 saturated heterocycles. The van der Waals surface area contributed by atoms with Crippen LogP contribution in [0, 0.1) is 0 Å². The van der Waals surface area contributed by atoms with Crippen LogP contribution >= 0.6 is 0 Å². The number of carbonyl (C=O) groups is 2. The van der Waals surface area contributed by atoms with Gasteiger partial charge >= 0.3 is 5.97 Å². The molecule has 1 unspecified atom stereocenters. The number of hydrazone groups is 1. The van der Waals surface area contributed by atoms with E-state index in [9.17, 15) is 9.59 Å². The Morgan fingerprint density at radius 2 is 1.61 bits per heavy atom. The number of methoxy groups -OCH3 is 1. The summed E-state index contributed by atoms with van der Waals surface area (Å²) >= 11 is 0. The summed E-state index contributed by atoms with van der Waals surface area (Å²) < 4.78 is 4.80. The van der Waals surface area contributed by atoms with Crippen LogP contribution in [-0.2, 0) is 9.53 Å². The molecule has 1 atom stereocenters. The van der Waals surface area contributed by atoms with Crippen molar-refractivity contribution in [1.82, 2.24) is 19.9 Å². The van der Waals surface area contributed by atoms with E-state index in [4.69, 9.17) is 9.84 Å². The Labute approximate surface area is 210 Å². The molecule has 2 aliphatic heterocycles. The zero-order valence-electron chi connectivity index (χ0n) is 20.2. The number of aromatic nitrogens is 2. The van der Waals surface area contributed by atoms with Crippen molar-refractivity contribution in [2.24, 2.45) is 5.10 Å². The number of ether oxygens (including phenoxy) is 1. The lowest BCUT2D eigenvalue weighted by molar-refractivity contribution is -0.133. The molecule has 3 aromatic rings. The fourth-order valence-electron chi connectivity index (χ4n) is 4.61. The second-order valence-corrected chi connectivity index (χ2v) is 8.76. The summed E-state index contributed by atoms with van der Waals surface area (Å²) in [4.78, 5) is 37.7. The fraction of sp³-hybridized carbons (Fsp3) is 0.296. The van der Waals surface area contributed by atoms with Crippen molar-refractivity contribution in [2.45, 2.75) is 12.5 Å². The third-order valence-corrected chi connectivity index (χ3v) is 6.58. The number of benzene rings is 2. The SMILES string of the molecule is COC(=O)c1ccc(C2=NN(CC(=O)N3CCN(c4ncccn4)CC3)C(c3ccccc3)C2)cc1. The molecule has 9 heteroatoms. The van der Waals surface area contributed by atoms with Gasteiger partial charge in [-0.3, -0.25) is 9.80 Å². The van der Waals surface area contributed by atoms with Crippen molar-refractivity contribution < 1.29 is 14.3 Å². The second kappa shape index (κ2) is 10.6. The summed E-state index contributed by atoms with van der Waals surface area (Å²) in [6.07, 6.45) is 4.14. The minimum Gasteiger partial charge on any atom is -0.465 e. The quantitative estimate of drug-likeness (QED) is 0.497. The van der Waals surface area contributed by atoms with Crippen LogP contribution < -0.4 is 4.90 Å². The van der Waals surface area contributed by atoms with Gasteiger partial charge in [0.2, 0.25) is 11.9 Å². The number of piperazine rings is 1. The molecule has 0 bridgehead atoms. The first-order chi connectivity index (χ1) is 17.6. The van der Waals surface area contributed by atoms with Gasteiger partial charge in [-0.15, -0.1) is 0 Å². The van der Waals surface area contributed by atoms with Crippen molar-refractivity contribution in [3.05, 3.63) is 89.7 Å². The number of esters is 1. The monoisotopic (exact) mass is 484 g/mol. The molecule has 184 valence electrons. The highest BCUT2D eigenvalue weighted by molar-refractivity contribution is 6.02. The first-order valence-electron chi connectivity index (χ1n) is 12.0. The molecule has 1 aromatic heterocycles. The summed E-state index contributed by atoms with van der Waals surface area (Å²) in [7, 11) is 1.37. The lowest BCUT2D eigenvalue weighted by atomic mass is 9.98. The van der Waals surface area contributed by atoms with Gasteiger partial charge in [0, 0.05) is 45.0 Å². The molecular weight excluding hydrogens is 456 g/mol. The maximum atomic E-state index is 13.3. The van der Waals surface area contributed by atoms with E-state index in [0.29, 0.717) is 44.1 Å². The van der Waals surface area contributed by atoms with Crippen molar-refractivity contribution in [2.75, 3.05) is 44.7 Å². The van der Waals surface area contributed by atoms with Gasteiger partial charge in [-0.05, 0) is 29.3 Å². The molecule has 1 fully saturated rings. The molecule has 5 rings (SSSR count). The average molecular weight is 485 g/mol. The minimum atomic E-state index is -0.372. The Balaban J connectivity index is 1.29. The Morgan fingerprint density at radius 1 is 0.917 bits per heavy atom. The van der Waals surface area contributed by atoms with Crippen LogP contribution in [-0.4, -0.2) is 77.3 Å². The minimum absolute atomic E-state index is 0.0376. The van der Waals surface area contributed by atoms with E-state index in [2.05, 4.69) is 27.0 Å². The van der Waals surface area contributed by atoms with E-state index in [0.717, 1.165) is 16.8 Å². The highest BCUT2D eigenvalue weighted by atomic mass is 16.5. The number of anilines is 1. The van der Waals surface area contributed by atoms with Crippen LogP contribution in [0.2, 0.25) is 0 Å². The largest absolute Gasteiger partial charge is 0.465 e. The summed E-state index contributed by atoms with van der Waals surface area (Å²) in [6, 6.07) is 19.1. The maximum Gasteiger partial charge on any atom is 0.337 e. The predicted octanol–water partition coefficient (Wildman–Crippen LogP) is 2.76. The predicted molar refractivity (Wildman–Crippen MR) is 136 cm³/mol. The van der Waals surface area contributed by atoms with E-state index >= 15 is 0 Å². The molecule has 3 heterocycles. The zero-order chi connectivity index (χ0) is 24.9. The normalized spacial score (nSPS) is 17.6. The van der Waals surface area contributed by atoms with Gasteiger partial charge in [-0.1, -0.05) is 42.5 Å². The number of rotatable bonds is 6. The van der Waals surface area contributed by atoms with Crippen LogP contribution in [0.3, 0.4) is 0 Å². The van der Waals surface area contributed by atoms with Crippen LogP contribution in [0.25, 0.3) is 0 Å². The number of hydrogen-bond acceptors (Lipinski definition) is 8. The average Bonchev–Trinajstić information content (AvgIpc) is 3.37. The highest BCUT2D eigenvalue weighted by Crippen LogP contribution is 2.32. The van der Waals surface area contributed by atoms with Crippen molar-refractivity contribution >= 4 is 23.5 Å². The molecule has 0 radical (unpaired) electrons. The Kier molecular flexibility index (Phi) is 6.88. The first kappa shape index (κ1) is 23.5. The van der Waals surface area contributed by atoms with E-state index in [-0.39, 0.29) is 24.5 Å². The number of hydrogen-bond donors (Lipinski definition) is 0. The van der Waals surface area contributed by atoms with Crippen molar-refractivity contribution in [3.63, 3.8) is 0 Å². The molecule has 9 nitrogen and oxygen atoms in total. The molecule has 0 aliphatic carbocycles. The van der Waals surface area contributed by atoms with Crippen LogP contribution in [0.15, 0.2) is 78.2 Å². The second-order valence-electron chi connectivity index (χ2n) is 8.76. The van der Waals surface area contributed by atoms with Crippen LogP contribution in [0.5, 0.6) is 0 Å².